The molecule has 146 valence electrons. The van der Waals surface area contributed by atoms with Crippen LogP contribution >= 0.6 is 0 Å². The van der Waals surface area contributed by atoms with E-state index in [4.69, 9.17) is 9.15 Å². The minimum atomic E-state index is -0.304. The van der Waals surface area contributed by atoms with Crippen molar-refractivity contribution in [2.24, 2.45) is 0 Å². The van der Waals surface area contributed by atoms with Crippen LogP contribution in [0.1, 0.15) is 42.4 Å². The third kappa shape index (κ3) is 4.52. The molecule has 2 atom stereocenters. The molecule has 2 amide bonds. The molecule has 1 aromatic heterocycles. The Morgan fingerprint density at radius 3 is 2.50 bits per heavy atom. The smallest absolute Gasteiger partial charge is 0.251 e. The number of benzene rings is 2. The van der Waals surface area contributed by atoms with Crippen molar-refractivity contribution < 1.29 is 18.7 Å². The number of fused-ring (bicyclic) bond motifs is 1. The maximum Gasteiger partial charge on any atom is 0.251 e. The number of methoxy groups -OCH3 is 1. The second-order valence-corrected chi connectivity index (χ2v) is 6.76. The number of carbonyl (C=O) groups is 2. The number of hydrogen-bond acceptors (Lipinski definition) is 4. The molecule has 0 saturated heterocycles. The zero-order valence-corrected chi connectivity index (χ0v) is 16.2. The van der Waals surface area contributed by atoms with Crippen molar-refractivity contribution in [2.75, 3.05) is 7.11 Å². The monoisotopic (exact) mass is 380 g/mol. The van der Waals surface area contributed by atoms with E-state index < -0.39 is 0 Å². The minimum absolute atomic E-state index is 0.166. The van der Waals surface area contributed by atoms with Crippen molar-refractivity contribution >= 4 is 22.8 Å². The molecule has 28 heavy (non-hydrogen) atoms. The first kappa shape index (κ1) is 19.5. The van der Waals surface area contributed by atoms with Crippen LogP contribution < -0.4 is 15.4 Å². The summed E-state index contributed by atoms with van der Waals surface area (Å²) in [6.07, 6.45) is 0.173. The largest absolute Gasteiger partial charge is 0.493 e. The van der Waals surface area contributed by atoms with Crippen molar-refractivity contribution in [3.05, 3.63) is 65.9 Å². The van der Waals surface area contributed by atoms with Gasteiger partial charge in [0, 0.05) is 23.4 Å². The van der Waals surface area contributed by atoms with Gasteiger partial charge in [-0.1, -0.05) is 30.3 Å². The molecule has 0 saturated carbocycles. The summed E-state index contributed by atoms with van der Waals surface area (Å²) in [7, 11) is 1.59. The Morgan fingerprint density at radius 2 is 1.79 bits per heavy atom. The van der Waals surface area contributed by atoms with Crippen molar-refractivity contribution in [1.29, 1.82) is 0 Å². The number of para-hydroxylation sites is 1. The van der Waals surface area contributed by atoms with E-state index in [9.17, 15) is 9.59 Å². The highest BCUT2D eigenvalue weighted by Gasteiger charge is 2.18. The molecule has 2 N–H and O–H groups in total. The van der Waals surface area contributed by atoms with E-state index in [2.05, 4.69) is 10.6 Å². The quantitative estimate of drug-likeness (QED) is 0.653. The molecule has 6 heteroatoms. The SMILES string of the molecule is COc1cccc2cc(C(C)NC(=O)CC(C)NC(=O)c3ccccc3)oc12. The minimum Gasteiger partial charge on any atom is -0.493 e. The normalized spacial score (nSPS) is 13.0. The van der Waals surface area contributed by atoms with Crippen LogP contribution in [0.15, 0.2) is 59.0 Å². The van der Waals surface area contributed by atoms with Crippen LogP contribution in [-0.2, 0) is 4.79 Å². The van der Waals surface area contributed by atoms with Crippen molar-refractivity contribution in [3.8, 4) is 5.75 Å². The zero-order chi connectivity index (χ0) is 20.1. The van der Waals surface area contributed by atoms with Gasteiger partial charge in [0.05, 0.1) is 13.2 Å². The third-order valence-electron chi connectivity index (χ3n) is 4.46. The van der Waals surface area contributed by atoms with Crippen LogP contribution in [0.2, 0.25) is 0 Å². The molecular formula is C22H24N2O4. The highest BCUT2D eigenvalue weighted by atomic mass is 16.5. The van der Waals surface area contributed by atoms with Gasteiger partial charge in [0.15, 0.2) is 11.3 Å². The molecule has 0 aliphatic rings. The van der Waals surface area contributed by atoms with Crippen LogP contribution in [-0.4, -0.2) is 25.0 Å². The molecule has 0 aliphatic carbocycles. The van der Waals surface area contributed by atoms with E-state index in [-0.39, 0.29) is 30.3 Å². The molecule has 0 aliphatic heterocycles. The Hall–Kier alpha value is -3.28. The predicted octanol–water partition coefficient (Wildman–Crippen LogP) is 3.83. The van der Waals surface area contributed by atoms with Crippen molar-refractivity contribution in [1.82, 2.24) is 10.6 Å². The Kier molecular flexibility index (Phi) is 5.99. The number of amides is 2. The molecule has 2 aromatic carbocycles. The summed E-state index contributed by atoms with van der Waals surface area (Å²) in [6, 6.07) is 15.9. The Labute approximate surface area is 163 Å². The van der Waals surface area contributed by atoms with Crippen molar-refractivity contribution in [3.63, 3.8) is 0 Å². The molecule has 3 rings (SSSR count). The third-order valence-corrected chi connectivity index (χ3v) is 4.46. The lowest BCUT2D eigenvalue weighted by Crippen LogP contribution is -2.37. The lowest BCUT2D eigenvalue weighted by Gasteiger charge is -2.16. The number of hydrogen-bond donors (Lipinski definition) is 2. The second-order valence-electron chi connectivity index (χ2n) is 6.76. The van der Waals surface area contributed by atoms with Gasteiger partial charge in [-0.3, -0.25) is 9.59 Å². The predicted molar refractivity (Wildman–Crippen MR) is 107 cm³/mol. The first-order valence-electron chi connectivity index (χ1n) is 9.19. The van der Waals surface area contributed by atoms with E-state index in [0.717, 1.165) is 5.39 Å². The van der Waals surface area contributed by atoms with Crippen LogP contribution in [0, 0.1) is 0 Å². The van der Waals surface area contributed by atoms with Gasteiger partial charge in [0.25, 0.3) is 5.91 Å². The van der Waals surface area contributed by atoms with Gasteiger partial charge in [0.2, 0.25) is 5.91 Å². The maximum atomic E-state index is 12.4. The lowest BCUT2D eigenvalue weighted by molar-refractivity contribution is -0.122. The van der Waals surface area contributed by atoms with Gasteiger partial charge >= 0.3 is 0 Å². The molecule has 2 unspecified atom stereocenters. The fourth-order valence-corrected chi connectivity index (χ4v) is 3.03. The van der Waals surface area contributed by atoms with Crippen LogP contribution in [0.5, 0.6) is 5.75 Å². The molecule has 0 radical (unpaired) electrons. The summed E-state index contributed by atoms with van der Waals surface area (Å²) in [6.45, 7) is 3.66. The molecule has 1 heterocycles. The van der Waals surface area contributed by atoms with Gasteiger partial charge in [0.1, 0.15) is 5.76 Å². The number of carbonyl (C=O) groups excluding carboxylic acids is 2. The van der Waals surface area contributed by atoms with E-state index in [1.807, 2.05) is 37.3 Å². The topological polar surface area (TPSA) is 80.6 Å². The van der Waals surface area contributed by atoms with E-state index in [1.54, 1.807) is 38.3 Å². The van der Waals surface area contributed by atoms with Crippen LogP contribution in [0.25, 0.3) is 11.0 Å². The van der Waals surface area contributed by atoms with Crippen LogP contribution in [0.4, 0.5) is 0 Å². The van der Waals surface area contributed by atoms with Crippen molar-refractivity contribution in [2.45, 2.75) is 32.4 Å². The first-order chi connectivity index (χ1) is 13.5. The number of rotatable bonds is 7. The molecule has 0 spiro atoms. The summed E-state index contributed by atoms with van der Waals surface area (Å²) in [4.78, 5) is 24.5. The highest BCUT2D eigenvalue weighted by molar-refractivity contribution is 5.94. The fraction of sp³-hybridized carbons (Fsp3) is 0.273. The molecule has 6 nitrogen and oxygen atoms in total. The number of furan rings is 1. The number of nitrogens with one attached hydrogen (secondary N) is 2. The van der Waals surface area contributed by atoms with E-state index in [1.165, 1.54) is 0 Å². The van der Waals surface area contributed by atoms with E-state index in [0.29, 0.717) is 22.7 Å². The maximum absolute atomic E-state index is 12.4. The van der Waals surface area contributed by atoms with Gasteiger partial charge < -0.3 is 19.8 Å². The van der Waals surface area contributed by atoms with Gasteiger partial charge in [-0.15, -0.1) is 0 Å². The Bertz CT molecular complexity index is 965. The second kappa shape index (κ2) is 8.61. The average Bonchev–Trinajstić information content (AvgIpc) is 3.13. The highest BCUT2D eigenvalue weighted by Crippen LogP contribution is 2.30. The summed E-state index contributed by atoms with van der Waals surface area (Å²) in [5.41, 5.74) is 1.23. The Morgan fingerprint density at radius 1 is 1.04 bits per heavy atom. The molecule has 0 bridgehead atoms. The summed E-state index contributed by atoms with van der Waals surface area (Å²) < 4.78 is 11.2. The molecular weight excluding hydrogens is 356 g/mol. The average molecular weight is 380 g/mol. The lowest BCUT2D eigenvalue weighted by atomic mass is 10.1. The summed E-state index contributed by atoms with van der Waals surface area (Å²) in [5.74, 6) is 0.937. The summed E-state index contributed by atoms with van der Waals surface area (Å²) >= 11 is 0. The zero-order valence-electron chi connectivity index (χ0n) is 16.2. The fourth-order valence-electron chi connectivity index (χ4n) is 3.03. The van der Waals surface area contributed by atoms with Crippen LogP contribution in [0.3, 0.4) is 0 Å². The molecule has 3 aromatic rings. The molecule has 0 fully saturated rings. The van der Waals surface area contributed by atoms with Gasteiger partial charge in [-0.05, 0) is 38.1 Å². The number of ether oxygens (including phenoxy) is 1. The first-order valence-corrected chi connectivity index (χ1v) is 9.19. The van der Waals surface area contributed by atoms with Gasteiger partial charge in [-0.25, -0.2) is 0 Å². The van der Waals surface area contributed by atoms with E-state index >= 15 is 0 Å². The standard InChI is InChI=1S/C22H24N2O4/c1-14(23-22(26)16-8-5-4-6-9-16)12-20(25)24-15(2)19-13-17-10-7-11-18(27-3)21(17)28-19/h4-11,13-15H,12H2,1-3H3,(H,23,26)(H,24,25). The summed E-state index contributed by atoms with van der Waals surface area (Å²) in [5, 5.41) is 6.67. The van der Waals surface area contributed by atoms with Gasteiger partial charge in [-0.2, -0.15) is 0 Å². The Balaban J connectivity index is 1.57.